The van der Waals surface area contributed by atoms with Crippen molar-refractivity contribution >= 4 is 35.0 Å². The standard InChI is InChI=1S/C19H14Cl2N6S/c1-11-8-17(24-12(2)23-11)28-19-26-25-18(13-4-3-7-22-10-13)27(19)14-5-6-15(20)16(21)9-14/h3-10H,1-2H3. The predicted octanol–water partition coefficient (Wildman–Crippen LogP) is 5.19. The molecule has 4 rings (SSSR count). The molecule has 0 N–H and O–H groups in total. The van der Waals surface area contributed by atoms with Crippen LogP contribution in [0.3, 0.4) is 0 Å². The first kappa shape index (κ1) is 18.9. The number of benzene rings is 1. The third-order valence-electron chi connectivity index (χ3n) is 3.85. The van der Waals surface area contributed by atoms with Crippen LogP contribution in [-0.4, -0.2) is 29.7 Å². The third-order valence-corrected chi connectivity index (χ3v) is 5.46. The Labute approximate surface area is 176 Å². The molecule has 0 bridgehead atoms. The van der Waals surface area contributed by atoms with E-state index in [4.69, 9.17) is 23.2 Å². The largest absolute Gasteiger partial charge is 0.270 e. The van der Waals surface area contributed by atoms with E-state index < -0.39 is 0 Å². The quantitative estimate of drug-likeness (QED) is 0.416. The van der Waals surface area contributed by atoms with Gasteiger partial charge in [-0.25, -0.2) is 9.97 Å². The summed E-state index contributed by atoms with van der Waals surface area (Å²) in [6.45, 7) is 3.80. The van der Waals surface area contributed by atoms with E-state index in [1.54, 1.807) is 24.5 Å². The molecule has 0 aliphatic rings. The summed E-state index contributed by atoms with van der Waals surface area (Å²) in [5, 5.41) is 11.1. The van der Waals surface area contributed by atoms with Gasteiger partial charge in [0.05, 0.1) is 15.7 Å². The molecule has 6 nitrogen and oxygen atoms in total. The lowest BCUT2D eigenvalue weighted by Gasteiger charge is -2.11. The summed E-state index contributed by atoms with van der Waals surface area (Å²) in [7, 11) is 0. The molecule has 140 valence electrons. The maximum atomic E-state index is 6.26. The van der Waals surface area contributed by atoms with Gasteiger partial charge in [-0.05, 0) is 62.0 Å². The van der Waals surface area contributed by atoms with Gasteiger partial charge in [0.1, 0.15) is 10.9 Å². The molecule has 1 aromatic carbocycles. The predicted molar refractivity (Wildman–Crippen MR) is 110 cm³/mol. The van der Waals surface area contributed by atoms with Crippen LogP contribution in [0.15, 0.2) is 59.0 Å². The highest BCUT2D eigenvalue weighted by atomic mass is 35.5. The summed E-state index contributed by atoms with van der Waals surface area (Å²) in [5.41, 5.74) is 2.52. The average molecular weight is 429 g/mol. The van der Waals surface area contributed by atoms with E-state index in [1.807, 2.05) is 42.7 Å². The third kappa shape index (κ3) is 3.87. The monoisotopic (exact) mass is 428 g/mol. The number of pyridine rings is 1. The van der Waals surface area contributed by atoms with E-state index in [-0.39, 0.29) is 0 Å². The first-order valence-corrected chi connectivity index (χ1v) is 9.90. The zero-order chi connectivity index (χ0) is 19.7. The Morgan fingerprint density at radius 1 is 0.964 bits per heavy atom. The second-order valence-electron chi connectivity index (χ2n) is 5.98. The van der Waals surface area contributed by atoms with Gasteiger partial charge in [0.2, 0.25) is 5.16 Å². The lowest BCUT2D eigenvalue weighted by Crippen LogP contribution is -2.01. The van der Waals surface area contributed by atoms with Crippen LogP contribution in [-0.2, 0) is 0 Å². The summed E-state index contributed by atoms with van der Waals surface area (Å²) < 4.78 is 1.91. The van der Waals surface area contributed by atoms with Gasteiger partial charge in [0.25, 0.3) is 0 Å². The summed E-state index contributed by atoms with van der Waals surface area (Å²) in [4.78, 5) is 13.0. The molecule has 3 aromatic heterocycles. The fourth-order valence-corrected chi connectivity index (χ4v) is 3.96. The molecule has 0 aliphatic carbocycles. The van der Waals surface area contributed by atoms with Crippen molar-refractivity contribution in [3.63, 3.8) is 0 Å². The summed E-state index contributed by atoms with van der Waals surface area (Å²) >= 11 is 13.8. The summed E-state index contributed by atoms with van der Waals surface area (Å²) in [6, 6.07) is 11.1. The molecule has 0 saturated heterocycles. The number of aromatic nitrogens is 6. The Morgan fingerprint density at radius 3 is 2.54 bits per heavy atom. The van der Waals surface area contributed by atoms with Gasteiger partial charge in [0.15, 0.2) is 5.82 Å². The van der Waals surface area contributed by atoms with Crippen molar-refractivity contribution in [1.82, 2.24) is 29.7 Å². The van der Waals surface area contributed by atoms with Crippen molar-refractivity contribution in [3.05, 3.63) is 70.4 Å². The van der Waals surface area contributed by atoms with Crippen molar-refractivity contribution in [2.24, 2.45) is 0 Å². The number of hydrogen-bond acceptors (Lipinski definition) is 6. The zero-order valence-electron chi connectivity index (χ0n) is 15.0. The highest BCUT2D eigenvalue weighted by Crippen LogP contribution is 2.33. The summed E-state index contributed by atoms with van der Waals surface area (Å²) in [6.07, 6.45) is 3.46. The molecule has 0 radical (unpaired) electrons. The molecule has 3 heterocycles. The maximum absolute atomic E-state index is 6.26. The molecule has 0 fully saturated rings. The van der Waals surface area contributed by atoms with Gasteiger partial charge in [-0.2, -0.15) is 0 Å². The van der Waals surface area contributed by atoms with Gasteiger partial charge in [-0.3, -0.25) is 9.55 Å². The maximum Gasteiger partial charge on any atom is 0.202 e. The van der Waals surface area contributed by atoms with E-state index >= 15 is 0 Å². The molecule has 0 unspecified atom stereocenters. The minimum absolute atomic E-state index is 0.453. The SMILES string of the molecule is Cc1cc(Sc2nnc(-c3cccnc3)n2-c2ccc(Cl)c(Cl)c2)nc(C)n1. The number of nitrogens with zero attached hydrogens (tertiary/aromatic N) is 6. The lowest BCUT2D eigenvalue weighted by atomic mass is 10.2. The summed E-state index contributed by atoms with van der Waals surface area (Å²) in [5.74, 6) is 1.35. The molecule has 0 saturated carbocycles. The van der Waals surface area contributed by atoms with Crippen LogP contribution in [0.1, 0.15) is 11.5 Å². The van der Waals surface area contributed by atoms with Crippen molar-refractivity contribution in [3.8, 4) is 17.1 Å². The average Bonchev–Trinajstić information content (AvgIpc) is 3.07. The second kappa shape index (κ2) is 7.87. The van der Waals surface area contributed by atoms with Crippen LogP contribution in [0, 0.1) is 13.8 Å². The van der Waals surface area contributed by atoms with Crippen molar-refractivity contribution in [1.29, 1.82) is 0 Å². The van der Waals surface area contributed by atoms with Crippen LogP contribution in [0.4, 0.5) is 0 Å². The van der Waals surface area contributed by atoms with Gasteiger partial charge in [0, 0.05) is 23.7 Å². The van der Waals surface area contributed by atoms with E-state index in [2.05, 4.69) is 25.1 Å². The van der Waals surface area contributed by atoms with E-state index in [9.17, 15) is 0 Å². The van der Waals surface area contributed by atoms with Gasteiger partial charge >= 0.3 is 0 Å². The number of halogens is 2. The van der Waals surface area contributed by atoms with Crippen molar-refractivity contribution in [2.75, 3.05) is 0 Å². The Hall–Kier alpha value is -2.48. The molecule has 0 amide bonds. The minimum Gasteiger partial charge on any atom is -0.270 e. The van der Waals surface area contributed by atoms with Crippen LogP contribution >= 0.6 is 35.0 Å². The Kier molecular flexibility index (Phi) is 5.30. The fourth-order valence-electron chi connectivity index (χ4n) is 2.70. The van der Waals surface area contributed by atoms with Gasteiger partial charge in [-0.1, -0.05) is 23.2 Å². The highest BCUT2D eigenvalue weighted by molar-refractivity contribution is 7.99. The Bertz CT molecular complexity index is 1130. The first-order valence-electron chi connectivity index (χ1n) is 8.32. The molecule has 9 heteroatoms. The molecule has 0 atom stereocenters. The fraction of sp³-hybridized carbons (Fsp3) is 0.105. The Morgan fingerprint density at radius 2 is 1.82 bits per heavy atom. The first-order chi connectivity index (χ1) is 13.5. The molecule has 0 spiro atoms. The topological polar surface area (TPSA) is 69.4 Å². The smallest absolute Gasteiger partial charge is 0.202 e. The molecular weight excluding hydrogens is 415 g/mol. The lowest BCUT2D eigenvalue weighted by molar-refractivity contribution is 0.875. The number of aryl methyl sites for hydroxylation is 2. The second-order valence-corrected chi connectivity index (χ2v) is 7.78. The molecule has 4 aromatic rings. The van der Waals surface area contributed by atoms with E-state index in [0.717, 1.165) is 22.0 Å². The normalized spacial score (nSPS) is 11.0. The van der Waals surface area contributed by atoms with Gasteiger partial charge < -0.3 is 0 Å². The van der Waals surface area contributed by atoms with Crippen LogP contribution in [0.2, 0.25) is 10.0 Å². The van der Waals surface area contributed by atoms with Gasteiger partial charge in [-0.15, -0.1) is 10.2 Å². The van der Waals surface area contributed by atoms with Crippen LogP contribution < -0.4 is 0 Å². The molecular formula is C19H14Cl2N6S. The van der Waals surface area contributed by atoms with Crippen molar-refractivity contribution < 1.29 is 0 Å². The molecule has 0 aliphatic heterocycles. The minimum atomic E-state index is 0.453. The van der Waals surface area contributed by atoms with Crippen molar-refractivity contribution in [2.45, 2.75) is 24.0 Å². The number of hydrogen-bond donors (Lipinski definition) is 0. The van der Waals surface area contributed by atoms with Crippen LogP contribution in [0.5, 0.6) is 0 Å². The number of rotatable bonds is 4. The van der Waals surface area contributed by atoms with E-state index in [0.29, 0.717) is 26.9 Å². The Balaban J connectivity index is 1.86. The highest BCUT2D eigenvalue weighted by Gasteiger charge is 2.18. The van der Waals surface area contributed by atoms with E-state index in [1.165, 1.54) is 11.8 Å². The zero-order valence-corrected chi connectivity index (χ0v) is 17.3. The van der Waals surface area contributed by atoms with Crippen LogP contribution in [0.25, 0.3) is 17.1 Å². The molecule has 28 heavy (non-hydrogen) atoms.